The molecule has 0 aliphatic carbocycles. The van der Waals surface area contributed by atoms with Gasteiger partial charge in [0.15, 0.2) is 11.6 Å². The van der Waals surface area contributed by atoms with Crippen molar-refractivity contribution < 1.29 is 18.7 Å². The van der Waals surface area contributed by atoms with Crippen LogP contribution in [0.4, 0.5) is 4.39 Å². The van der Waals surface area contributed by atoms with E-state index in [0.717, 1.165) is 16.3 Å². The van der Waals surface area contributed by atoms with E-state index in [1.54, 1.807) is 48.9 Å². The van der Waals surface area contributed by atoms with Gasteiger partial charge in [-0.05, 0) is 48.9 Å². The second kappa shape index (κ2) is 8.51. The van der Waals surface area contributed by atoms with E-state index in [9.17, 15) is 18.8 Å². The zero-order valence-electron chi connectivity index (χ0n) is 18.1. The van der Waals surface area contributed by atoms with Crippen LogP contribution in [-0.4, -0.2) is 33.9 Å². The highest BCUT2D eigenvalue weighted by Gasteiger charge is 2.18. The van der Waals surface area contributed by atoms with Gasteiger partial charge in [-0.3, -0.25) is 19.0 Å². The average molecular weight is 434 g/mol. The predicted octanol–water partition coefficient (Wildman–Crippen LogP) is 4.01. The summed E-state index contributed by atoms with van der Waals surface area (Å²) in [6.07, 6.45) is -0.227. The van der Waals surface area contributed by atoms with E-state index in [-0.39, 0.29) is 36.0 Å². The molecule has 0 aliphatic heterocycles. The van der Waals surface area contributed by atoms with Crippen molar-refractivity contribution in [1.29, 1.82) is 0 Å². The number of Topliss-reactive ketones (excluding diaryl/α,β-unsaturated/α-hetero) is 2. The molecule has 4 aromatic rings. The molecule has 0 aliphatic rings. The lowest BCUT2D eigenvalue weighted by Gasteiger charge is -2.08. The molecular weight excluding hydrogens is 411 g/mol. The van der Waals surface area contributed by atoms with Crippen molar-refractivity contribution in [1.82, 2.24) is 9.13 Å². The largest absolute Gasteiger partial charge is 0.374 e. The van der Waals surface area contributed by atoms with E-state index in [0.29, 0.717) is 28.9 Å². The summed E-state index contributed by atoms with van der Waals surface area (Å²) in [6.45, 7) is 2.12. The molecule has 0 saturated carbocycles. The normalized spacial score (nSPS) is 11.4. The minimum atomic E-state index is -0.376. The van der Waals surface area contributed by atoms with Crippen molar-refractivity contribution >= 4 is 33.5 Å². The number of aryl methyl sites for hydroxylation is 2. The molecule has 0 spiro atoms. The minimum absolute atomic E-state index is 0.0815. The molecule has 0 atom stereocenters. The van der Waals surface area contributed by atoms with Crippen LogP contribution in [0.3, 0.4) is 0 Å². The number of carbonyl (C=O) groups excluding carboxylic acids is 2. The molecule has 164 valence electrons. The molecule has 0 N–H and O–H groups in total. The lowest BCUT2D eigenvalue weighted by Crippen LogP contribution is -2.20. The summed E-state index contributed by atoms with van der Waals surface area (Å²) >= 11 is 0. The van der Waals surface area contributed by atoms with Gasteiger partial charge in [0.05, 0.1) is 11.9 Å². The van der Waals surface area contributed by atoms with Gasteiger partial charge in [0.1, 0.15) is 18.1 Å². The summed E-state index contributed by atoms with van der Waals surface area (Å²) in [6, 6.07) is 12.8. The summed E-state index contributed by atoms with van der Waals surface area (Å²) in [7, 11) is 3.55. The Hall–Kier alpha value is -3.58. The minimum Gasteiger partial charge on any atom is -0.374 e. The first kappa shape index (κ1) is 21.6. The van der Waals surface area contributed by atoms with E-state index < -0.39 is 0 Å². The zero-order valence-corrected chi connectivity index (χ0v) is 18.1. The molecule has 2 aromatic carbocycles. The highest BCUT2D eigenvalue weighted by atomic mass is 19.1. The monoisotopic (exact) mass is 434 g/mol. The standard InChI is InChI=1S/C25H23FN2O4/c1-4-32-14-18(29)12-23(30)16-7-10-22-20(11-16)21-13-19(15-5-8-17(26)9-6-15)25(31)28(3)24(21)27(22)2/h5-11,13H,4,12,14H2,1-3H3. The van der Waals surface area contributed by atoms with Crippen LogP contribution in [0.2, 0.25) is 0 Å². The summed E-state index contributed by atoms with van der Waals surface area (Å²) in [4.78, 5) is 37.7. The van der Waals surface area contributed by atoms with Crippen LogP contribution in [-0.2, 0) is 23.6 Å². The van der Waals surface area contributed by atoms with E-state index in [4.69, 9.17) is 4.74 Å². The van der Waals surface area contributed by atoms with Gasteiger partial charge in [-0.25, -0.2) is 4.39 Å². The molecule has 0 bridgehead atoms. The van der Waals surface area contributed by atoms with Crippen LogP contribution in [0.25, 0.3) is 33.1 Å². The molecule has 0 unspecified atom stereocenters. The van der Waals surface area contributed by atoms with Crippen LogP contribution in [0.5, 0.6) is 0 Å². The fourth-order valence-electron chi connectivity index (χ4n) is 4.05. The van der Waals surface area contributed by atoms with Gasteiger partial charge in [-0.2, -0.15) is 0 Å². The molecule has 7 heteroatoms. The molecule has 0 saturated heterocycles. The Morgan fingerprint density at radius 1 is 0.969 bits per heavy atom. The fraction of sp³-hybridized carbons (Fsp3) is 0.240. The first-order chi connectivity index (χ1) is 15.3. The number of aromatic nitrogens is 2. The topological polar surface area (TPSA) is 70.3 Å². The van der Waals surface area contributed by atoms with E-state index in [2.05, 4.69) is 0 Å². The maximum Gasteiger partial charge on any atom is 0.259 e. The lowest BCUT2D eigenvalue weighted by atomic mass is 10.0. The number of halogens is 1. The van der Waals surface area contributed by atoms with Crippen molar-refractivity contribution in [3.05, 3.63) is 70.3 Å². The first-order valence-electron chi connectivity index (χ1n) is 10.3. The third kappa shape index (κ3) is 3.76. The number of carbonyl (C=O) groups is 2. The van der Waals surface area contributed by atoms with E-state index in [1.165, 1.54) is 12.1 Å². The number of ether oxygens (including phenoxy) is 1. The Morgan fingerprint density at radius 3 is 2.38 bits per heavy atom. The summed E-state index contributed by atoms with van der Waals surface area (Å²) < 4.78 is 21.9. The molecule has 6 nitrogen and oxygen atoms in total. The SMILES string of the molecule is CCOCC(=O)CC(=O)c1ccc2c(c1)c1cc(-c3ccc(F)cc3)c(=O)n(C)c1n2C. The molecule has 0 radical (unpaired) electrons. The summed E-state index contributed by atoms with van der Waals surface area (Å²) in [5.41, 5.74) is 2.83. The van der Waals surface area contributed by atoms with Crippen LogP contribution in [0, 0.1) is 5.82 Å². The third-order valence-corrected chi connectivity index (χ3v) is 5.65. The molecule has 0 amide bonds. The number of hydrogen-bond acceptors (Lipinski definition) is 4. The van der Waals surface area contributed by atoms with Gasteiger partial charge in [0.2, 0.25) is 0 Å². The smallest absolute Gasteiger partial charge is 0.259 e. The van der Waals surface area contributed by atoms with Gasteiger partial charge in [-0.1, -0.05) is 12.1 Å². The third-order valence-electron chi connectivity index (χ3n) is 5.65. The van der Waals surface area contributed by atoms with E-state index >= 15 is 0 Å². The van der Waals surface area contributed by atoms with Crippen LogP contribution < -0.4 is 5.56 Å². The van der Waals surface area contributed by atoms with Crippen molar-refractivity contribution in [2.24, 2.45) is 14.1 Å². The van der Waals surface area contributed by atoms with Crippen molar-refractivity contribution in [2.75, 3.05) is 13.2 Å². The van der Waals surface area contributed by atoms with Gasteiger partial charge in [0, 0.05) is 42.6 Å². The second-order valence-corrected chi connectivity index (χ2v) is 7.73. The molecule has 0 fully saturated rings. The highest BCUT2D eigenvalue weighted by Crippen LogP contribution is 2.31. The van der Waals surface area contributed by atoms with Crippen molar-refractivity contribution in [3.63, 3.8) is 0 Å². The number of nitrogens with zero attached hydrogens (tertiary/aromatic N) is 2. The maximum atomic E-state index is 13.4. The van der Waals surface area contributed by atoms with Gasteiger partial charge < -0.3 is 9.30 Å². The van der Waals surface area contributed by atoms with Gasteiger partial charge in [-0.15, -0.1) is 0 Å². The van der Waals surface area contributed by atoms with Crippen molar-refractivity contribution in [2.45, 2.75) is 13.3 Å². The number of fused-ring (bicyclic) bond motifs is 3. The molecule has 4 rings (SSSR count). The Kier molecular flexibility index (Phi) is 5.76. The Balaban J connectivity index is 1.86. The highest BCUT2D eigenvalue weighted by molar-refractivity contribution is 6.13. The second-order valence-electron chi connectivity index (χ2n) is 7.73. The quantitative estimate of drug-likeness (QED) is 0.326. The molecular formula is C25H23FN2O4. The van der Waals surface area contributed by atoms with Gasteiger partial charge in [0.25, 0.3) is 5.56 Å². The Morgan fingerprint density at radius 2 is 1.69 bits per heavy atom. The molecule has 2 heterocycles. The van der Waals surface area contributed by atoms with Crippen LogP contribution >= 0.6 is 0 Å². The van der Waals surface area contributed by atoms with Crippen LogP contribution in [0.15, 0.2) is 53.3 Å². The Labute approximate surface area is 183 Å². The molecule has 32 heavy (non-hydrogen) atoms. The number of ketones is 2. The molecule has 2 aromatic heterocycles. The summed E-state index contributed by atoms with van der Waals surface area (Å²) in [5.74, 6) is -0.924. The van der Waals surface area contributed by atoms with E-state index in [1.807, 2.05) is 17.7 Å². The maximum absolute atomic E-state index is 13.4. The first-order valence-corrected chi connectivity index (χ1v) is 10.3. The number of rotatable bonds is 7. The van der Waals surface area contributed by atoms with Crippen molar-refractivity contribution in [3.8, 4) is 11.1 Å². The zero-order chi connectivity index (χ0) is 23.0. The number of pyridine rings is 1. The number of hydrogen-bond donors (Lipinski definition) is 0. The number of benzene rings is 2. The Bertz CT molecular complexity index is 1410. The fourth-order valence-corrected chi connectivity index (χ4v) is 4.05. The lowest BCUT2D eigenvalue weighted by molar-refractivity contribution is -0.122. The predicted molar refractivity (Wildman–Crippen MR) is 122 cm³/mol. The van der Waals surface area contributed by atoms with Crippen LogP contribution in [0.1, 0.15) is 23.7 Å². The summed E-state index contributed by atoms with van der Waals surface area (Å²) in [5, 5.41) is 1.59. The average Bonchev–Trinajstić information content (AvgIpc) is 3.06. The van der Waals surface area contributed by atoms with Gasteiger partial charge >= 0.3 is 0 Å².